The van der Waals surface area contributed by atoms with E-state index in [-0.39, 0.29) is 6.79 Å². The summed E-state index contributed by atoms with van der Waals surface area (Å²) >= 11 is 2.19. The molecule has 0 aliphatic carbocycles. The van der Waals surface area contributed by atoms with Gasteiger partial charge in [0.15, 0.2) is 11.5 Å². The van der Waals surface area contributed by atoms with Gasteiger partial charge in [-0.1, -0.05) is 18.2 Å². The van der Waals surface area contributed by atoms with E-state index in [4.69, 9.17) is 9.47 Å². The number of carbonyl (C=O) groups excluding carboxylic acids is 2. The van der Waals surface area contributed by atoms with Crippen LogP contribution in [0.15, 0.2) is 48.5 Å². The lowest BCUT2D eigenvalue weighted by molar-refractivity contribution is -0.128. The number of nitrogens with one attached hydrogen (secondary N) is 2. The Labute approximate surface area is 175 Å². The number of ether oxygens (including phenoxy) is 2. The molecule has 0 spiro atoms. The van der Waals surface area contributed by atoms with Crippen LogP contribution >= 0.6 is 22.6 Å². The van der Waals surface area contributed by atoms with Crippen molar-refractivity contribution in [3.63, 3.8) is 0 Å². The number of aliphatic hydroxyl groups is 1. The molecule has 2 aromatic carbocycles. The fourth-order valence-electron chi connectivity index (χ4n) is 2.56. The molecule has 2 aromatic rings. The zero-order chi connectivity index (χ0) is 19.9. The van der Waals surface area contributed by atoms with Gasteiger partial charge < -0.3 is 25.2 Å². The van der Waals surface area contributed by atoms with Crippen molar-refractivity contribution in [2.24, 2.45) is 0 Å². The minimum atomic E-state index is -1.03. The predicted molar refractivity (Wildman–Crippen MR) is 112 cm³/mol. The summed E-state index contributed by atoms with van der Waals surface area (Å²) in [5.41, 5.74) is 1.69. The Balaban J connectivity index is 1.52. The molecule has 3 N–H and O–H groups in total. The maximum atomic E-state index is 12.2. The average Bonchev–Trinajstić information content (AvgIpc) is 3.16. The number of halogens is 1. The molecule has 0 unspecified atom stereocenters. The van der Waals surface area contributed by atoms with E-state index in [9.17, 15) is 14.7 Å². The number of benzene rings is 2. The Morgan fingerprint density at radius 1 is 1.18 bits per heavy atom. The van der Waals surface area contributed by atoms with Crippen LogP contribution in [0.2, 0.25) is 0 Å². The largest absolute Gasteiger partial charge is 0.454 e. The van der Waals surface area contributed by atoms with Crippen molar-refractivity contribution in [2.75, 3.05) is 13.4 Å². The quantitative estimate of drug-likeness (QED) is 0.403. The molecule has 146 valence electrons. The van der Waals surface area contributed by atoms with E-state index < -0.39 is 24.5 Å². The number of aliphatic hydroxyl groups excluding tert-OH is 1. The second-order valence-electron chi connectivity index (χ2n) is 6.04. The first-order chi connectivity index (χ1) is 13.5. The Morgan fingerprint density at radius 3 is 2.79 bits per heavy atom. The van der Waals surface area contributed by atoms with Gasteiger partial charge in [-0.25, -0.2) is 0 Å². The summed E-state index contributed by atoms with van der Waals surface area (Å²) in [6.07, 6.45) is 2.89. The van der Waals surface area contributed by atoms with Crippen LogP contribution < -0.4 is 20.1 Å². The SMILES string of the molecule is O=C(C=Cc1ccc2c(c1)OCO2)N[C@@H](CO)C(=O)NCc1cccc(I)c1. The topological polar surface area (TPSA) is 96.9 Å². The van der Waals surface area contributed by atoms with Gasteiger partial charge in [-0.3, -0.25) is 9.59 Å². The summed E-state index contributed by atoms with van der Waals surface area (Å²) in [4.78, 5) is 24.3. The first-order valence-electron chi connectivity index (χ1n) is 8.56. The first-order valence-corrected chi connectivity index (χ1v) is 9.64. The van der Waals surface area contributed by atoms with Crippen molar-refractivity contribution in [3.8, 4) is 11.5 Å². The van der Waals surface area contributed by atoms with Gasteiger partial charge in [-0.2, -0.15) is 0 Å². The highest BCUT2D eigenvalue weighted by atomic mass is 127. The zero-order valence-electron chi connectivity index (χ0n) is 14.9. The van der Waals surface area contributed by atoms with Crippen LogP contribution in [-0.4, -0.2) is 36.4 Å². The van der Waals surface area contributed by atoms with Crippen LogP contribution in [-0.2, 0) is 16.1 Å². The Kier molecular flexibility index (Phi) is 6.88. The summed E-state index contributed by atoms with van der Waals surface area (Å²) in [5, 5.41) is 14.7. The van der Waals surface area contributed by atoms with Gasteiger partial charge >= 0.3 is 0 Å². The summed E-state index contributed by atoms with van der Waals surface area (Å²) in [6.45, 7) is -0.00471. The van der Waals surface area contributed by atoms with E-state index in [0.717, 1.165) is 14.7 Å². The second-order valence-corrected chi connectivity index (χ2v) is 7.28. The van der Waals surface area contributed by atoms with Crippen LogP contribution in [0, 0.1) is 3.57 Å². The molecule has 0 saturated carbocycles. The molecule has 1 aliphatic rings. The highest BCUT2D eigenvalue weighted by molar-refractivity contribution is 14.1. The van der Waals surface area contributed by atoms with E-state index in [2.05, 4.69) is 33.2 Å². The lowest BCUT2D eigenvalue weighted by Crippen LogP contribution is -2.48. The minimum absolute atomic E-state index is 0.179. The molecule has 7 nitrogen and oxygen atoms in total. The van der Waals surface area contributed by atoms with Crippen LogP contribution in [0.4, 0.5) is 0 Å². The third-order valence-corrected chi connectivity index (χ3v) is 4.67. The smallest absolute Gasteiger partial charge is 0.245 e. The molecule has 1 heterocycles. The van der Waals surface area contributed by atoms with Crippen molar-refractivity contribution in [1.29, 1.82) is 0 Å². The van der Waals surface area contributed by atoms with Gasteiger partial charge in [0, 0.05) is 16.2 Å². The van der Waals surface area contributed by atoms with Crippen molar-refractivity contribution >= 4 is 40.5 Å². The highest BCUT2D eigenvalue weighted by Gasteiger charge is 2.18. The van der Waals surface area contributed by atoms with Crippen molar-refractivity contribution in [1.82, 2.24) is 10.6 Å². The molecule has 0 fully saturated rings. The number of fused-ring (bicyclic) bond motifs is 1. The van der Waals surface area contributed by atoms with Gasteiger partial charge in [-0.05, 0) is 64.1 Å². The lowest BCUT2D eigenvalue weighted by Gasteiger charge is -2.15. The molecule has 0 bridgehead atoms. The Hall–Kier alpha value is -2.59. The van der Waals surface area contributed by atoms with E-state index in [0.29, 0.717) is 18.0 Å². The normalized spacial score (nSPS) is 13.4. The third kappa shape index (κ3) is 5.46. The number of hydrogen-bond donors (Lipinski definition) is 3. The molecule has 28 heavy (non-hydrogen) atoms. The molecule has 0 radical (unpaired) electrons. The van der Waals surface area contributed by atoms with Gasteiger partial charge in [-0.15, -0.1) is 0 Å². The molecule has 2 amide bonds. The van der Waals surface area contributed by atoms with Crippen molar-refractivity contribution in [3.05, 3.63) is 63.2 Å². The number of amides is 2. The van der Waals surface area contributed by atoms with Gasteiger partial charge in [0.05, 0.1) is 6.61 Å². The van der Waals surface area contributed by atoms with Crippen LogP contribution in [0.3, 0.4) is 0 Å². The summed E-state index contributed by atoms with van der Waals surface area (Å²) in [5.74, 6) is 0.338. The summed E-state index contributed by atoms with van der Waals surface area (Å²) in [6, 6.07) is 12.0. The molecule has 8 heteroatoms. The van der Waals surface area contributed by atoms with Crippen LogP contribution in [0.5, 0.6) is 11.5 Å². The van der Waals surface area contributed by atoms with Gasteiger partial charge in [0.25, 0.3) is 0 Å². The second kappa shape index (κ2) is 9.56. The first kappa shape index (κ1) is 20.2. The summed E-state index contributed by atoms with van der Waals surface area (Å²) < 4.78 is 11.6. The summed E-state index contributed by atoms with van der Waals surface area (Å²) in [7, 11) is 0. The van der Waals surface area contributed by atoms with Crippen LogP contribution in [0.25, 0.3) is 6.08 Å². The maximum absolute atomic E-state index is 12.2. The van der Waals surface area contributed by atoms with Crippen LogP contribution in [0.1, 0.15) is 11.1 Å². The lowest BCUT2D eigenvalue weighted by atomic mass is 10.2. The number of carbonyl (C=O) groups is 2. The van der Waals surface area contributed by atoms with Gasteiger partial charge in [0.2, 0.25) is 18.6 Å². The minimum Gasteiger partial charge on any atom is -0.454 e. The van der Waals surface area contributed by atoms with E-state index in [1.165, 1.54) is 6.08 Å². The zero-order valence-corrected chi connectivity index (χ0v) is 17.0. The molecule has 0 saturated heterocycles. The van der Waals surface area contributed by atoms with Crippen molar-refractivity contribution < 1.29 is 24.2 Å². The molecular weight excluding hydrogens is 475 g/mol. The monoisotopic (exact) mass is 494 g/mol. The average molecular weight is 494 g/mol. The fourth-order valence-corrected chi connectivity index (χ4v) is 3.17. The Bertz CT molecular complexity index is 900. The third-order valence-electron chi connectivity index (χ3n) is 4.00. The standard InChI is InChI=1S/C20H19IN2O5/c21-15-3-1-2-14(8-15)10-22-20(26)16(11-24)23-19(25)7-5-13-4-6-17-18(9-13)28-12-27-17/h1-9,16,24H,10-12H2,(H,22,26)(H,23,25)/t16-/m0/s1. The molecular formula is C20H19IN2O5. The number of hydrogen-bond acceptors (Lipinski definition) is 5. The van der Waals surface area contributed by atoms with Gasteiger partial charge in [0.1, 0.15) is 6.04 Å². The molecule has 0 aromatic heterocycles. The molecule has 3 rings (SSSR count). The maximum Gasteiger partial charge on any atom is 0.245 e. The molecule has 1 atom stereocenters. The Morgan fingerprint density at radius 2 is 2.00 bits per heavy atom. The number of rotatable bonds is 7. The fraction of sp³-hybridized carbons (Fsp3) is 0.200. The molecule has 1 aliphatic heterocycles. The van der Waals surface area contributed by atoms with E-state index in [1.54, 1.807) is 24.3 Å². The van der Waals surface area contributed by atoms with E-state index in [1.807, 2.05) is 24.3 Å². The highest BCUT2D eigenvalue weighted by Crippen LogP contribution is 2.32. The van der Waals surface area contributed by atoms with Crippen molar-refractivity contribution in [2.45, 2.75) is 12.6 Å². The van der Waals surface area contributed by atoms with E-state index >= 15 is 0 Å². The predicted octanol–water partition coefficient (Wildman–Crippen LogP) is 1.83.